The Balaban J connectivity index is 2.07. The van der Waals surface area contributed by atoms with E-state index in [0.29, 0.717) is 0 Å². The first-order chi connectivity index (χ1) is 10.5. The van der Waals surface area contributed by atoms with Crippen molar-refractivity contribution < 1.29 is 0 Å². The molecule has 0 aliphatic heterocycles. The first-order valence-corrected chi connectivity index (χ1v) is 7.43. The van der Waals surface area contributed by atoms with Gasteiger partial charge in [-0.15, -0.1) is 5.11 Å². The molecule has 0 saturated heterocycles. The molecule has 0 saturated carbocycles. The van der Waals surface area contributed by atoms with Crippen molar-refractivity contribution in [2.45, 2.75) is 27.7 Å². The maximum absolute atomic E-state index is 4.30. The predicted octanol–water partition coefficient (Wildman–Crippen LogP) is 5.52. The Kier molecular flexibility index (Phi) is 5.10. The SMILES string of the molecule is Cc1ccc(C=CN(C)N=Nc2ccc(C)cc2C)c(C)c1. The van der Waals surface area contributed by atoms with Crippen LogP contribution in [0.15, 0.2) is 52.9 Å². The quantitative estimate of drug-likeness (QED) is 0.538. The van der Waals surface area contributed by atoms with Gasteiger partial charge in [-0.05, 0) is 56.5 Å². The molecule has 0 bridgehead atoms. The normalized spacial score (nSPS) is 11.5. The van der Waals surface area contributed by atoms with Gasteiger partial charge in [0.2, 0.25) is 0 Å². The molecule has 3 nitrogen and oxygen atoms in total. The Hall–Kier alpha value is -2.42. The standard InChI is InChI=1S/C19H23N3/c1-14-6-8-18(16(3)12-14)10-11-22(5)21-20-19-9-7-15(2)13-17(19)4/h6-13H,1-5H3. The summed E-state index contributed by atoms with van der Waals surface area (Å²) in [5.74, 6) is 0. The topological polar surface area (TPSA) is 28.0 Å². The molecule has 0 N–H and O–H groups in total. The van der Waals surface area contributed by atoms with E-state index in [2.05, 4.69) is 61.5 Å². The van der Waals surface area contributed by atoms with E-state index >= 15 is 0 Å². The highest BCUT2D eigenvalue weighted by atomic mass is 15.5. The van der Waals surface area contributed by atoms with Crippen LogP contribution in [0.5, 0.6) is 0 Å². The number of aryl methyl sites for hydroxylation is 4. The minimum atomic E-state index is 0.900. The third kappa shape index (κ3) is 4.29. The fraction of sp³-hybridized carbons (Fsp3) is 0.263. The summed E-state index contributed by atoms with van der Waals surface area (Å²) < 4.78 is 0. The third-order valence-electron chi connectivity index (χ3n) is 3.54. The van der Waals surface area contributed by atoms with Gasteiger partial charge >= 0.3 is 0 Å². The van der Waals surface area contributed by atoms with Gasteiger partial charge in [-0.2, -0.15) is 0 Å². The summed E-state index contributed by atoms with van der Waals surface area (Å²) >= 11 is 0. The van der Waals surface area contributed by atoms with Crippen LogP contribution >= 0.6 is 0 Å². The Morgan fingerprint density at radius 1 is 0.864 bits per heavy atom. The van der Waals surface area contributed by atoms with Gasteiger partial charge in [0.25, 0.3) is 0 Å². The van der Waals surface area contributed by atoms with Gasteiger partial charge in [-0.25, -0.2) is 0 Å². The van der Waals surface area contributed by atoms with Crippen LogP contribution in [0.25, 0.3) is 6.08 Å². The van der Waals surface area contributed by atoms with Crippen molar-refractivity contribution in [3.8, 4) is 0 Å². The average molecular weight is 293 g/mol. The van der Waals surface area contributed by atoms with Crippen LogP contribution in [0.2, 0.25) is 0 Å². The molecule has 0 fully saturated rings. The first kappa shape index (κ1) is 16.0. The minimum Gasteiger partial charge on any atom is -0.257 e. The highest BCUT2D eigenvalue weighted by Crippen LogP contribution is 2.20. The summed E-state index contributed by atoms with van der Waals surface area (Å²) in [5.41, 5.74) is 7.00. The molecule has 0 spiro atoms. The molecular weight excluding hydrogens is 270 g/mol. The second-order valence-electron chi connectivity index (χ2n) is 5.73. The van der Waals surface area contributed by atoms with E-state index < -0.39 is 0 Å². The average Bonchev–Trinajstić information content (AvgIpc) is 2.45. The number of nitrogens with zero attached hydrogens (tertiary/aromatic N) is 3. The number of hydrogen-bond donors (Lipinski definition) is 0. The molecule has 22 heavy (non-hydrogen) atoms. The number of rotatable bonds is 4. The van der Waals surface area contributed by atoms with Gasteiger partial charge in [0.1, 0.15) is 0 Å². The van der Waals surface area contributed by atoms with Crippen molar-refractivity contribution in [3.05, 3.63) is 70.4 Å². The Labute approximate surface area is 133 Å². The molecule has 2 aromatic carbocycles. The second-order valence-corrected chi connectivity index (χ2v) is 5.73. The highest BCUT2D eigenvalue weighted by molar-refractivity contribution is 5.53. The van der Waals surface area contributed by atoms with E-state index in [4.69, 9.17) is 0 Å². The number of benzene rings is 2. The molecule has 0 heterocycles. The molecule has 0 radical (unpaired) electrons. The smallest absolute Gasteiger partial charge is 0.0903 e. The van der Waals surface area contributed by atoms with E-state index in [-0.39, 0.29) is 0 Å². The molecule has 2 rings (SSSR count). The van der Waals surface area contributed by atoms with Crippen LogP contribution < -0.4 is 0 Å². The number of hydrogen-bond acceptors (Lipinski definition) is 2. The molecule has 2 aromatic rings. The largest absolute Gasteiger partial charge is 0.257 e. The van der Waals surface area contributed by atoms with Crippen molar-refractivity contribution in [2.75, 3.05) is 7.05 Å². The molecular formula is C19H23N3. The van der Waals surface area contributed by atoms with Crippen LogP contribution in [0.1, 0.15) is 27.8 Å². The summed E-state index contributed by atoms with van der Waals surface area (Å²) in [6.45, 7) is 8.34. The predicted molar refractivity (Wildman–Crippen MR) is 93.1 cm³/mol. The van der Waals surface area contributed by atoms with Gasteiger partial charge in [-0.1, -0.05) is 46.7 Å². The molecule has 0 aliphatic rings. The van der Waals surface area contributed by atoms with Crippen LogP contribution in [0, 0.1) is 27.7 Å². The van der Waals surface area contributed by atoms with Crippen LogP contribution in [0.4, 0.5) is 5.69 Å². The van der Waals surface area contributed by atoms with Crippen molar-refractivity contribution >= 4 is 11.8 Å². The van der Waals surface area contributed by atoms with Crippen LogP contribution in [-0.2, 0) is 0 Å². The van der Waals surface area contributed by atoms with Crippen molar-refractivity contribution in [2.24, 2.45) is 10.3 Å². The maximum atomic E-state index is 4.30. The second kappa shape index (κ2) is 7.03. The lowest BCUT2D eigenvalue weighted by molar-refractivity contribution is 0.460. The Morgan fingerprint density at radius 2 is 1.50 bits per heavy atom. The first-order valence-electron chi connectivity index (χ1n) is 7.43. The van der Waals surface area contributed by atoms with E-state index in [1.165, 1.54) is 22.3 Å². The van der Waals surface area contributed by atoms with Crippen LogP contribution in [0.3, 0.4) is 0 Å². The Morgan fingerprint density at radius 3 is 2.14 bits per heavy atom. The van der Waals surface area contributed by atoms with Gasteiger partial charge < -0.3 is 0 Å². The van der Waals surface area contributed by atoms with Gasteiger partial charge in [0, 0.05) is 13.2 Å². The molecule has 3 heteroatoms. The summed E-state index contributed by atoms with van der Waals surface area (Å²) in [4.78, 5) is 0. The van der Waals surface area contributed by atoms with E-state index in [0.717, 1.165) is 11.3 Å². The maximum Gasteiger partial charge on any atom is 0.0903 e. The summed E-state index contributed by atoms with van der Waals surface area (Å²) in [6.07, 6.45) is 3.97. The summed E-state index contributed by atoms with van der Waals surface area (Å²) in [7, 11) is 1.88. The molecule has 114 valence electrons. The minimum absolute atomic E-state index is 0.900. The van der Waals surface area contributed by atoms with Crippen LogP contribution in [-0.4, -0.2) is 12.1 Å². The Bertz CT molecular complexity index is 653. The van der Waals surface area contributed by atoms with E-state index in [1.807, 2.05) is 32.3 Å². The van der Waals surface area contributed by atoms with Crippen molar-refractivity contribution in [1.29, 1.82) is 0 Å². The molecule has 0 atom stereocenters. The molecule has 0 amide bonds. The lowest BCUT2D eigenvalue weighted by Gasteiger charge is -2.07. The monoisotopic (exact) mass is 293 g/mol. The zero-order valence-corrected chi connectivity index (χ0v) is 14.0. The summed E-state index contributed by atoms with van der Waals surface area (Å²) in [5, 5.41) is 10.2. The zero-order valence-electron chi connectivity index (χ0n) is 14.0. The fourth-order valence-electron chi connectivity index (χ4n) is 2.27. The highest BCUT2D eigenvalue weighted by Gasteiger charge is 1.97. The van der Waals surface area contributed by atoms with Crippen molar-refractivity contribution in [1.82, 2.24) is 5.01 Å². The van der Waals surface area contributed by atoms with E-state index in [1.54, 1.807) is 5.01 Å². The lowest BCUT2D eigenvalue weighted by atomic mass is 10.1. The third-order valence-corrected chi connectivity index (χ3v) is 3.54. The molecule has 0 aliphatic carbocycles. The van der Waals surface area contributed by atoms with Gasteiger partial charge in [-0.3, -0.25) is 5.01 Å². The fourth-order valence-corrected chi connectivity index (χ4v) is 2.27. The van der Waals surface area contributed by atoms with E-state index in [9.17, 15) is 0 Å². The zero-order chi connectivity index (χ0) is 16.1. The van der Waals surface area contributed by atoms with Gasteiger partial charge in [0.05, 0.1) is 5.69 Å². The summed E-state index contributed by atoms with van der Waals surface area (Å²) in [6, 6.07) is 12.6. The molecule has 0 aromatic heterocycles. The molecule has 0 unspecified atom stereocenters. The van der Waals surface area contributed by atoms with Crippen molar-refractivity contribution in [3.63, 3.8) is 0 Å². The van der Waals surface area contributed by atoms with Gasteiger partial charge in [0.15, 0.2) is 0 Å². The lowest BCUT2D eigenvalue weighted by Crippen LogP contribution is -1.99.